The molecule has 2 fully saturated rings. The molecule has 3 aliphatic heterocycles. The average molecular weight is 418 g/mol. The van der Waals surface area contributed by atoms with Crippen LogP contribution in [0.4, 0.5) is 4.39 Å². The topological polar surface area (TPSA) is 56.1 Å². The molecule has 156 valence electrons. The van der Waals surface area contributed by atoms with Crippen molar-refractivity contribution < 1.29 is 14.3 Å². The van der Waals surface area contributed by atoms with Crippen LogP contribution in [-0.2, 0) is 4.79 Å². The Morgan fingerprint density at radius 3 is 2.69 bits per heavy atom. The summed E-state index contributed by atoms with van der Waals surface area (Å²) in [6.07, 6.45) is 3.20. The van der Waals surface area contributed by atoms with E-state index in [1.807, 2.05) is 6.92 Å². The van der Waals surface area contributed by atoms with Crippen molar-refractivity contribution >= 4 is 23.2 Å². The number of aliphatic hydroxyl groups is 1. The summed E-state index contributed by atoms with van der Waals surface area (Å²) < 4.78 is 13.1. The summed E-state index contributed by atoms with van der Waals surface area (Å²) in [4.78, 5) is 21.0. The van der Waals surface area contributed by atoms with Gasteiger partial charge in [0.15, 0.2) is 5.17 Å². The maximum atomic E-state index is 13.1. The summed E-state index contributed by atoms with van der Waals surface area (Å²) in [5.74, 6) is 0.915. The molecule has 7 heteroatoms. The van der Waals surface area contributed by atoms with E-state index in [0.29, 0.717) is 0 Å². The van der Waals surface area contributed by atoms with Crippen LogP contribution < -0.4 is 0 Å². The molecule has 4 rings (SSSR count). The molecule has 1 N–H and O–H groups in total. The third kappa shape index (κ3) is 4.42. The summed E-state index contributed by atoms with van der Waals surface area (Å²) >= 11 is 1.73. The first-order chi connectivity index (χ1) is 14.1. The molecule has 0 saturated carbocycles. The van der Waals surface area contributed by atoms with Crippen LogP contribution in [0.1, 0.15) is 37.9 Å². The van der Waals surface area contributed by atoms with Crippen molar-refractivity contribution in [3.63, 3.8) is 0 Å². The Kier molecular flexibility index (Phi) is 6.37. The highest BCUT2D eigenvalue weighted by atomic mass is 32.2. The average Bonchev–Trinajstić information content (AvgIpc) is 3.20. The number of aldehydes is 1. The second-order valence-corrected chi connectivity index (χ2v) is 9.12. The molecule has 0 spiro atoms. The molecular formula is C22H28FN3O2S. The van der Waals surface area contributed by atoms with Crippen LogP contribution in [0.3, 0.4) is 0 Å². The van der Waals surface area contributed by atoms with Crippen LogP contribution in [0.2, 0.25) is 0 Å². The molecule has 0 aromatic heterocycles. The third-order valence-corrected chi connectivity index (χ3v) is 7.32. The highest BCUT2D eigenvalue weighted by Gasteiger charge is 2.34. The molecule has 2 saturated heterocycles. The minimum atomic E-state index is -0.541. The third-order valence-electron chi connectivity index (χ3n) is 6.35. The minimum absolute atomic E-state index is 0.171. The molecule has 3 heterocycles. The molecule has 5 nitrogen and oxygen atoms in total. The van der Waals surface area contributed by atoms with Crippen LogP contribution in [-0.4, -0.2) is 64.3 Å². The van der Waals surface area contributed by atoms with Crippen LogP contribution in [0.5, 0.6) is 0 Å². The maximum Gasteiger partial charge on any atom is 0.165 e. The van der Waals surface area contributed by atoms with Gasteiger partial charge in [0, 0.05) is 24.5 Å². The zero-order chi connectivity index (χ0) is 20.4. The van der Waals surface area contributed by atoms with Gasteiger partial charge in [-0.25, -0.2) is 9.38 Å². The summed E-state index contributed by atoms with van der Waals surface area (Å²) in [5, 5.41) is 11.6. The number of carbonyl (C=O) groups excluding carboxylic acids is 1. The van der Waals surface area contributed by atoms with E-state index in [9.17, 15) is 14.3 Å². The van der Waals surface area contributed by atoms with Gasteiger partial charge in [0.05, 0.1) is 6.10 Å². The number of fused-ring (bicyclic) bond motifs is 1. The number of allylic oxidation sites excluding steroid dienone is 1. The first-order valence-electron chi connectivity index (χ1n) is 10.4. The number of rotatable bonds is 6. The first kappa shape index (κ1) is 20.6. The van der Waals surface area contributed by atoms with Gasteiger partial charge in [-0.3, -0.25) is 0 Å². The standard InChI is InChI=1S/C22H28FN3O2S/c1-15-19(20(14-27)26-12-13-29-22(26)24-15)8-11-25-9-6-17(7-10-25)21(28)16-2-4-18(23)5-3-16/h2-5,14,17,20-21,28H,6-13H2,1H3. The molecule has 0 radical (unpaired) electrons. The van der Waals surface area contributed by atoms with Gasteiger partial charge in [-0.2, -0.15) is 0 Å². The fourth-order valence-corrected chi connectivity index (χ4v) is 5.62. The van der Waals surface area contributed by atoms with Gasteiger partial charge >= 0.3 is 0 Å². The van der Waals surface area contributed by atoms with Crippen molar-refractivity contribution in [2.45, 2.75) is 38.3 Å². The Morgan fingerprint density at radius 2 is 2.00 bits per heavy atom. The summed E-state index contributed by atoms with van der Waals surface area (Å²) in [5.41, 5.74) is 2.92. The number of likely N-dealkylation sites (tertiary alicyclic amines) is 1. The van der Waals surface area contributed by atoms with Gasteiger partial charge in [-0.05, 0) is 68.5 Å². The lowest BCUT2D eigenvalue weighted by atomic mass is 9.87. The van der Waals surface area contributed by atoms with E-state index < -0.39 is 6.10 Å². The number of benzene rings is 1. The highest BCUT2D eigenvalue weighted by Crippen LogP contribution is 2.33. The number of nitrogens with zero attached hydrogens (tertiary/aromatic N) is 3. The number of halogens is 1. The molecule has 2 atom stereocenters. The van der Waals surface area contributed by atoms with Crippen molar-refractivity contribution in [2.75, 3.05) is 31.9 Å². The van der Waals surface area contributed by atoms with E-state index in [-0.39, 0.29) is 17.8 Å². The van der Waals surface area contributed by atoms with E-state index in [1.165, 1.54) is 12.1 Å². The Labute approximate surface area is 175 Å². The Balaban J connectivity index is 1.31. The summed E-state index contributed by atoms with van der Waals surface area (Å²) in [6.45, 7) is 5.66. The maximum absolute atomic E-state index is 13.1. The Hall–Kier alpha value is -1.70. The summed E-state index contributed by atoms with van der Waals surface area (Å²) in [6, 6.07) is 6.00. The van der Waals surface area contributed by atoms with Crippen LogP contribution in [0.15, 0.2) is 40.5 Å². The molecule has 2 unspecified atom stereocenters. The van der Waals surface area contributed by atoms with Gasteiger partial charge in [-0.15, -0.1) is 0 Å². The molecule has 0 aliphatic carbocycles. The van der Waals surface area contributed by atoms with Crippen LogP contribution in [0, 0.1) is 11.7 Å². The molecule has 3 aliphatic rings. The fourth-order valence-electron chi connectivity index (χ4n) is 4.57. The number of hydrogen-bond acceptors (Lipinski definition) is 6. The SMILES string of the molecule is CC1=C(CCN2CCC(C(O)c3ccc(F)cc3)CC2)C(C=O)N2CCSC2=N1. The summed E-state index contributed by atoms with van der Waals surface area (Å²) in [7, 11) is 0. The molecule has 29 heavy (non-hydrogen) atoms. The van der Waals surface area contributed by atoms with Gasteiger partial charge < -0.3 is 19.7 Å². The number of hydrogen-bond donors (Lipinski definition) is 1. The van der Waals surface area contributed by atoms with Crippen molar-refractivity contribution in [3.8, 4) is 0 Å². The number of aliphatic imine (C=N–C) groups is 1. The van der Waals surface area contributed by atoms with Crippen molar-refractivity contribution in [2.24, 2.45) is 10.9 Å². The van der Waals surface area contributed by atoms with Crippen molar-refractivity contribution in [3.05, 3.63) is 46.9 Å². The lowest BCUT2D eigenvalue weighted by molar-refractivity contribution is -0.110. The fraction of sp³-hybridized carbons (Fsp3) is 0.545. The number of piperidine rings is 1. The highest BCUT2D eigenvalue weighted by molar-refractivity contribution is 8.14. The molecule has 1 aromatic rings. The zero-order valence-electron chi connectivity index (χ0n) is 16.8. The number of thioether (sulfide) groups is 1. The minimum Gasteiger partial charge on any atom is -0.388 e. The predicted octanol–water partition coefficient (Wildman–Crippen LogP) is 3.22. The van der Waals surface area contributed by atoms with Crippen molar-refractivity contribution in [1.82, 2.24) is 9.80 Å². The smallest absolute Gasteiger partial charge is 0.165 e. The van der Waals surface area contributed by atoms with E-state index in [4.69, 9.17) is 4.99 Å². The van der Waals surface area contributed by atoms with E-state index in [2.05, 4.69) is 9.80 Å². The molecule has 0 amide bonds. The number of carbonyl (C=O) groups is 1. The predicted molar refractivity (Wildman–Crippen MR) is 114 cm³/mol. The second kappa shape index (κ2) is 8.98. The van der Waals surface area contributed by atoms with E-state index in [0.717, 1.165) is 79.5 Å². The largest absolute Gasteiger partial charge is 0.388 e. The quantitative estimate of drug-likeness (QED) is 0.721. The van der Waals surface area contributed by atoms with E-state index in [1.54, 1.807) is 23.9 Å². The van der Waals surface area contributed by atoms with Gasteiger partial charge in [0.25, 0.3) is 0 Å². The lowest BCUT2D eigenvalue weighted by Gasteiger charge is -2.36. The monoisotopic (exact) mass is 417 g/mol. The number of aliphatic hydroxyl groups excluding tert-OH is 1. The Bertz CT molecular complexity index is 803. The van der Waals surface area contributed by atoms with E-state index >= 15 is 0 Å². The van der Waals surface area contributed by atoms with Crippen molar-refractivity contribution in [1.29, 1.82) is 0 Å². The van der Waals surface area contributed by atoms with Gasteiger partial charge in [0.1, 0.15) is 18.1 Å². The van der Waals surface area contributed by atoms with Crippen LogP contribution in [0.25, 0.3) is 0 Å². The van der Waals surface area contributed by atoms with Gasteiger partial charge in [-0.1, -0.05) is 23.9 Å². The lowest BCUT2D eigenvalue weighted by Crippen LogP contribution is -2.42. The Morgan fingerprint density at radius 1 is 1.28 bits per heavy atom. The second-order valence-electron chi connectivity index (χ2n) is 8.05. The zero-order valence-corrected chi connectivity index (χ0v) is 17.6. The van der Waals surface area contributed by atoms with Crippen LogP contribution >= 0.6 is 11.8 Å². The normalized spacial score (nSPS) is 24.4. The number of amidine groups is 1. The first-order valence-corrected chi connectivity index (χ1v) is 11.3. The molecule has 0 bridgehead atoms. The molecular weight excluding hydrogens is 389 g/mol. The van der Waals surface area contributed by atoms with Gasteiger partial charge in [0.2, 0.25) is 0 Å². The molecule has 1 aromatic carbocycles.